The van der Waals surface area contributed by atoms with Gasteiger partial charge in [0.05, 0.1) is 0 Å². The summed E-state index contributed by atoms with van der Waals surface area (Å²) < 4.78 is 28.3. The molecule has 3 aliphatic rings. The van der Waals surface area contributed by atoms with E-state index in [1.807, 2.05) is 4.90 Å². The third kappa shape index (κ3) is 2.13. The molecule has 1 aliphatic carbocycles. The second-order valence-electron chi connectivity index (χ2n) is 7.36. The van der Waals surface area contributed by atoms with E-state index in [0.717, 1.165) is 26.1 Å². The Labute approximate surface area is 126 Å². The topological polar surface area (TPSA) is 63.7 Å². The molecule has 1 atom stereocenters. The standard InChI is InChI=1S/C15H25NO4S/c1-11(2)12-14(6-8-20-9-7-14)10-16(12)13(17)15(4-5-15)21(3,18)19/h11-12H,4-10H2,1-3H3. The van der Waals surface area contributed by atoms with E-state index in [2.05, 4.69) is 13.8 Å². The summed E-state index contributed by atoms with van der Waals surface area (Å²) in [6.45, 7) is 6.46. The van der Waals surface area contributed by atoms with Crippen LogP contribution in [0.1, 0.15) is 39.5 Å². The molecule has 3 rings (SSSR count). The van der Waals surface area contributed by atoms with Crippen molar-refractivity contribution in [3.05, 3.63) is 0 Å². The Morgan fingerprint density at radius 2 is 1.76 bits per heavy atom. The fourth-order valence-electron chi connectivity index (χ4n) is 4.36. The predicted octanol–water partition coefficient (Wildman–Crippen LogP) is 1.23. The number of sulfone groups is 1. The normalized spacial score (nSPS) is 30.3. The van der Waals surface area contributed by atoms with Crippen LogP contribution in [0.3, 0.4) is 0 Å². The number of hydrogen-bond donors (Lipinski definition) is 0. The van der Waals surface area contributed by atoms with Gasteiger partial charge in [-0.2, -0.15) is 0 Å². The molecule has 0 N–H and O–H groups in total. The van der Waals surface area contributed by atoms with Gasteiger partial charge in [-0.1, -0.05) is 13.8 Å². The maximum atomic E-state index is 12.8. The van der Waals surface area contributed by atoms with E-state index in [0.29, 0.717) is 25.3 Å². The molecule has 1 amide bonds. The summed E-state index contributed by atoms with van der Waals surface area (Å²) >= 11 is 0. The lowest BCUT2D eigenvalue weighted by atomic mass is 9.62. The van der Waals surface area contributed by atoms with Gasteiger partial charge in [0.25, 0.3) is 0 Å². The molecule has 120 valence electrons. The first-order chi connectivity index (χ1) is 9.74. The van der Waals surface area contributed by atoms with E-state index >= 15 is 0 Å². The molecule has 0 aromatic heterocycles. The summed E-state index contributed by atoms with van der Waals surface area (Å²) in [6.07, 6.45) is 4.13. The monoisotopic (exact) mass is 315 g/mol. The fourth-order valence-corrected chi connectivity index (χ4v) is 5.64. The Balaban J connectivity index is 1.83. The van der Waals surface area contributed by atoms with Crippen molar-refractivity contribution >= 4 is 15.7 Å². The van der Waals surface area contributed by atoms with Gasteiger partial charge in [0, 0.05) is 37.5 Å². The predicted molar refractivity (Wildman–Crippen MR) is 79.6 cm³/mol. The Morgan fingerprint density at radius 1 is 1.19 bits per heavy atom. The summed E-state index contributed by atoms with van der Waals surface area (Å²) in [5.41, 5.74) is 0.148. The average Bonchev–Trinajstić information content (AvgIpc) is 3.16. The second kappa shape index (κ2) is 4.69. The van der Waals surface area contributed by atoms with Crippen molar-refractivity contribution in [1.29, 1.82) is 0 Å². The summed E-state index contributed by atoms with van der Waals surface area (Å²) in [7, 11) is -3.32. The lowest BCUT2D eigenvalue weighted by molar-refractivity contribution is -0.175. The lowest BCUT2D eigenvalue weighted by Gasteiger charge is -2.61. The van der Waals surface area contributed by atoms with E-state index in [9.17, 15) is 13.2 Å². The zero-order chi connectivity index (χ0) is 15.5. The first-order valence-corrected chi connectivity index (χ1v) is 9.71. The van der Waals surface area contributed by atoms with Gasteiger partial charge in [0.2, 0.25) is 5.91 Å². The zero-order valence-electron chi connectivity index (χ0n) is 13.1. The van der Waals surface area contributed by atoms with Crippen LogP contribution in [0.15, 0.2) is 0 Å². The smallest absolute Gasteiger partial charge is 0.244 e. The van der Waals surface area contributed by atoms with Gasteiger partial charge in [-0.05, 0) is 31.6 Å². The van der Waals surface area contributed by atoms with Crippen LogP contribution in [0.5, 0.6) is 0 Å². The third-order valence-electron chi connectivity index (χ3n) is 5.63. The SMILES string of the molecule is CC(C)C1N(C(=O)C2(S(C)(=O)=O)CC2)CC12CCOCC2. The van der Waals surface area contributed by atoms with Gasteiger partial charge in [-0.3, -0.25) is 4.79 Å². The Kier molecular flexibility index (Phi) is 3.41. The van der Waals surface area contributed by atoms with E-state index in [1.165, 1.54) is 6.26 Å². The van der Waals surface area contributed by atoms with Gasteiger partial charge in [0.1, 0.15) is 0 Å². The molecule has 0 aromatic rings. The van der Waals surface area contributed by atoms with Crippen LogP contribution in [0, 0.1) is 11.3 Å². The van der Waals surface area contributed by atoms with E-state index < -0.39 is 14.6 Å². The molecule has 2 saturated heterocycles. The minimum Gasteiger partial charge on any atom is -0.381 e. The van der Waals surface area contributed by atoms with Gasteiger partial charge >= 0.3 is 0 Å². The minimum atomic E-state index is -3.32. The van der Waals surface area contributed by atoms with Gasteiger partial charge in [-0.15, -0.1) is 0 Å². The number of ether oxygens (including phenoxy) is 1. The van der Waals surface area contributed by atoms with Gasteiger partial charge in [0.15, 0.2) is 14.6 Å². The van der Waals surface area contributed by atoms with Crippen molar-refractivity contribution in [1.82, 2.24) is 4.90 Å². The van der Waals surface area contributed by atoms with Crippen LogP contribution in [0.25, 0.3) is 0 Å². The maximum Gasteiger partial charge on any atom is 0.244 e. The molecule has 6 heteroatoms. The number of hydrogen-bond acceptors (Lipinski definition) is 4. The number of likely N-dealkylation sites (tertiary alicyclic amines) is 1. The zero-order valence-corrected chi connectivity index (χ0v) is 13.9. The van der Waals surface area contributed by atoms with Crippen LogP contribution < -0.4 is 0 Å². The first-order valence-electron chi connectivity index (χ1n) is 7.82. The van der Waals surface area contributed by atoms with Crippen LogP contribution in [0.2, 0.25) is 0 Å². The maximum absolute atomic E-state index is 12.8. The molecular weight excluding hydrogens is 290 g/mol. The molecule has 0 radical (unpaired) electrons. The number of carbonyl (C=O) groups is 1. The third-order valence-corrected chi connectivity index (χ3v) is 7.64. The molecule has 1 saturated carbocycles. The van der Waals surface area contributed by atoms with E-state index in [4.69, 9.17) is 4.74 Å². The molecule has 2 aliphatic heterocycles. The molecule has 0 aromatic carbocycles. The van der Waals surface area contributed by atoms with Crippen LogP contribution in [0.4, 0.5) is 0 Å². The lowest BCUT2D eigenvalue weighted by Crippen LogP contribution is -2.71. The first kappa shape index (κ1) is 15.3. The Bertz CT molecular complexity index is 544. The summed E-state index contributed by atoms with van der Waals surface area (Å²) in [6, 6.07) is 0.160. The van der Waals surface area contributed by atoms with Gasteiger partial charge in [-0.25, -0.2) is 8.42 Å². The van der Waals surface area contributed by atoms with Crippen molar-refractivity contribution in [3.63, 3.8) is 0 Å². The van der Waals surface area contributed by atoms with Crippen molar-refractivity contribution < 1.29 is 17.9 Å². The second-order valence-corrected chi connectivity index (χ2v) is 9.69. The quantitative estimate of drug-likeness (QED) is 0.786. The van der Waals surface area contributed by atoms with Crippen LogP contribution in [-0.2, 0) is 19.4 Å². The Hall–Kier alpha value is -0.620. The van der Waals surface area contributed by atoms with E-state index in [-0.39, 0.29) is 17.4 Å². The van der Waals surface area contributed by atoms with Crippen molar-refractivity contribution in [2.45, 2.75) is 50.3 Å². The molecule has 0 bridgehead atoms. The number of amides is 1. The number of carbonyl (C=O) groups excluding carboxylic acids is 1. The highest BCUT2D eigenvalue weighted by molar-refractivity contribution is 7.93. The molecule has 5 nitrogen and oxygen atoms in total. The Morgan fingerprint density at radius 3 is 2.19 bits per heavy atom. The summed E-state index contributed by atoms with van der Waals surface area (Å²) in [5, 5.41) is 0. The minimum absolute atomic E-state index is 0.148. The van der Waals surface area contributed by atoms with E-state index in [1.54, 1.807) is 0 Å². The molecule has 21 heavy (non-hydrogen) atoms. The molecule has 1 spiro atoms. The number of nitrogens with zero attached hydrogens (tertiary/aromatic N) is 1. The fraction of sp³-hybridized carbons (Fsp3) is 0.933. The average molecular weight is 315 g/mol. The highest BCUT2D eigenvalue weighted by Crippen LogP contribution is 2.53. The molecule has 3 fully saturated rings. The highest BCUT2D eigenvalue weighted by Gasteiger charge is 2.65. The van der Waals surface area contributed by atoms with Crippen LogP contribution >= 0.6 is 0 Å². The van der Waals surface area contributed by atoms with Crippen molar-refractivity contribution in [2.75, 3.05) is 26.0 Å². The van der Waals surface area contributed by atoms with Crippen molar-refractivity contribution in [3.8, 4) is 0 Å². The van der Waals surface area contributed by atoms with Crippen molar-refractivity contribution in [2.24, 2.45) is 11.3 Å². The summed E-state index contributed by atoms with van der Waals surface area (Å²) in [5.74, 6) is 0.192. The molecule has 1 unspecified atom stereocenters. The molecular formula is C15H25NO4S. The van der Waals surface area contributed by atoms with Crippen LogP contribution in [-0.4, -0.2) is 56.0 Å². The largest absolute Gasteiger partial charge is 0.381 e. The number of rotatable bonds is 3. The van der Waals surface area contributed by atoms with Gasteiger partial charge < -0.3 is 9.64 Å². The highest BCUT2D eigenvalue weighted by atomic mass is 32.2. The summed E-state index contributed by atoms with van der Waals surface area (Å²) in [4.78, 5) is 14.7. The molecule has 2 heterocycles.